The first-order valence-electron chi connectivity index (χ1n) is 8.97. The number of rotatable bonds is 4. The van der Waals surface area contributed by atoms with E-state index in [1.807, 2.05) is 40.6 Å². The van der Waals surface area contributed by atoms with Crippen LogP contribution < -0.4 is 0 Å². The van der Waals surface area contributed by atoms with Gasteiger partial charge in [-0.25, -0.2) is 9.97 Å². The topological polar surface area (TPSA) is 75.0 Å². The number of benzene rings is 1. The Kier molecular flexibility index (Phi) is 4.01. The maximum atomic E-state index is 13.0. The number of nitrogens with zero attached hydrogens (tertiary/aromatic N) is 3. The summed E-state index contributed by atoms with van der Waals surface area (Å²) in [7, 11) is 0. The summed E-state index contributed by atoms with van der Waals surface area (Å²) in [4.78, 5) is 26.9. The normalized spacial score (nSPS) is 16.6. The number of aromatic amines is 1. The number of hydrogen-bond donors (Lipinski definition) is 1. The number of furan rings is 1. The molecule has 0 saturated heterocycles. The molecule has 4 heterocycles. The van der Waals surface area contributed by atoms with E-state index in [0.717, 1.165) is 40.2 Å². The second kappa shape index (κ2) is 6.66. The predicted molar refractivity (Wildman–Crippen MR) is 102 cm³/mol. The van der Waals surface area contributed by atoms with Gasteiger partial charge < -0.3 is 14.3 Å². The third-order valence-electron chi connectivity index (χ3n) is 5.04. The van der Waals surface area contributed by atoms with E-state index in [4.69, 9.17) is 4.42 Å². The zero-order valence-corrected chi connectivity index (χ0v) is 15.4. The van der Waals surface area contributed by atoms with Crippen LogP contribution in [0.2, 0.25) is 0 Å². The molecule has 1 N–H and O–H groups in total. The van der Waals surface area contributed by atoms with Crippen LogP contribution >= 0.6 is 11.3 Å². The number of nitrogens with one attached hydrogen (secondary N) is 1. The van der Waals surface area contributed by atoms with Crippen LogP contribution in [0, 0.1) is 0 Å². The Morgan fingerprint density at radius 3 is 3.11 bits per heavy atom. The van der Waals surface area contributed by atoms with Crippen LogP contribution in [0.1, 0.15) is 35.3 Å². The lowest BCUT2D eigenvalue weighted by Gasteiger charge is -2.33. The molecule has 1 aliphatic rings. The van der Waals surface area contributed by atoms with Gasteiger partial charge in [-0.15, -0.1) is 11.3 Å². The molecule has 0 unspecified atom stereocenters. The van der Waals surface area contributed by atoms with E-state index in [1.54, 1.807) is 23.2 Å². The van der Waals surface area contributed by atoms with Crippen LogP contribution in [0.15, 0.2) is 52.0 Å². The number of hydrogen-bond acceptors (Lipinski definition) is 5. The van der Waals surface area contributed by atoms with Crippen LogP contribution in [0.5, 0.6) is 0 Å². The van der Waals surface area contributed by atoms with Crippen molar-refractivity contribution >= 4 is 28.2 Å². The fourth-order valence-corrected chi connectivity index (χ4v) is 4.30. The summed E-state index contributed by atoms with van der Waals surface area (Å²) in [5.41, 5.74) is 5.54. The molecule has 0 saturated carbocycles. The van der Waals surface area contributed by atoms with Crippen molar-refractivity contribution in [3.05, 3.63) is 70.4 Å². The van der Waals surface area contributed by atoms with Crippen LogP contribution in [-0.4, -0.2) is 32.3 Å². The van der Waals surface area contributed by atoms with E-state index in [2.05, 4.69) is 15.0 Å². The van der Waals surface area contributed by atoms with Crippen molar-refractivity contribution in [3.63, 3.8) is 0 Å². The largest absolute Gasteiger partial charge is 0.458 e. The fourth-order valence-electron chi connectivity index (χ4n) is 3.71. The van der Waals surface area contributed by atoms with Crippen molar-refractivity contribution in [3.8, 4) is 0 Å². The van der Waals surface area contributed by atoms with Crippen molar-refractivity contribution in [2.24, 2.45) is 0 Å². The first-order chi connectivity index (χ1) is 13.3. The first-order valence-corrected chi connectivity index (χ1v) is 9.91. The summed E-state index contributed by atoms with van der Waals surface area (Å²) in [6.45, 7) is 0.646. The lowest BCUT2D eigenvalue weighted by Crippen LogP contribution is -2.40. The molecule has 1 amide bonds. The minimum atomic E-state index is -0.296. The number of fused-ring (bicyclic) bond motifs is 2. The van der Waals surface area contributed by atoms with Crippen LogP contribution in [0.3, 0.4) is 0 Å². The van der Waals surface area contributed by atoms with Gasteiger partial charge in [-0.05, 0) is 18.6 Å². The van der Waals surface area contributed by atoms with Crippen molar-refractivity contribution < 1.29 is 9.21 Å². The van der Waals surface area contributed by atoms with Gasteiger partial charge in [-0.1, -0.05) is 18.2 Å². The molecule has 0 spiro atoms. The smallest absolute Gasteiger partial charge is 0.223 e. The molecule has 7 heteroatoms. The monoisotopic (exact) mass is 378 g/mol. The van der Waals surface area contributed by atoms with Gasteiger partial charge in [0.2, 0.25) is 5.91 Å². The van der Waals surface area contributed by atoms with Crippen molar-refractivity contribution in [1.29, 1.82) is 0 Å². The summed E-state index contributed by atoms with van der Waals surface area (Å²) < 4.78 is 6.11. The molecule has 1 aromatic carbocycles. The van der Waals surface area contributed by atoms with Crippen LogP contribution in [0.25, 0.3) is 11.0 Å². The summed E-state index contributed by atoms with van der Waals surface area (Å²) in [6, 6.07) is 9.62. The van der Waals surface area contributed by atoms with E-state index in [0.29, 0.717) is 19.4 Å². The molecule has 0 aliphatic carbocycles. The number of imidazole rings is 1. The van der Waals surface area contributed by atoms with Gasteiger partial charge in [-0.3, -0.25) is 4.79 Å². The molecule has 0 radical (unpaired) electrons. The minimum Gasteiger partial charge on any atom is -0.458 e. The highest BCUT2D eigenvalue weighted by Gasteiger charge is 2.36. The van der Waals surface area contributed by atoms with Crippen LogP contribution in [-0.2, 0) is 17.6 Å². The van der Waals surface area contributed by atoms with Gasteiger partial charge in [0, 0.05) is 35.8 Å². The lowest BCUT2D eigenvalue weighted by molar-refractivity contribution is -0.133. The number of H-pyrrole nitrogens is 1. The highest BCUT2D eigenvalue weighted by Crippen LogP contribution is 2.36. The van der Waals surface area contributed by atoms with Crippen molar-refractivity contribution in [1.82, 2.24) is 19.9 Å². The fraction of sp³-hybridized carbons (Fsp3) is 0.250. The zero-order chi connectivity index (χ0) is 18.2. The number of para-hydroxylation sites is 1. The molecule has 1 aliphatic heterocycles. The second-order valence-corrected chi connectivity index (χ2v) is 7.39. The first kappa shape index (κ1) is 16.3. The number of carbonyl (C=O) groups is 1. The average molecular weight is 378 g/mol. The molecule has 136 valence electrons. The Balaban J connectivity index is 1.49. The highest BCUT2D eigenvalue weighted by molar-refractivity contribution is 7.07. The summed E-state index contributed by atoms with van der Waals surface area (Å²) >= 11 is 1.55. The van der Waals surface area contributed by atoms with Gasteiger partial charge in [0.1, 0.15) is 17.4 Å². The number of carbonyl (C=O) groups excluding carboxylic acids is 1. The third-order valence-corrected chi connectivity index (χ3v) is 5.67. The molecule has 1 atom stereocenters. The summed E-state index contributed by atoms with van der Waals surface area (Å²) in [6.07, 6.45) is 3.55. The molecule has 6 nitrogen and oxygen atoms in total. The van der Waals surface area contributed by atoms with E-state index in [-0.39, 0.29) is 11.9 Å². The lowest BCUT2D eigenvalue weighted by atomic mass is 9.99. The summed E-state index contributed by atoms with van der Waals surface area (Å²) in [5.74, 6) is 0.855. The Morgan fingerprint density at radius 1 is 1.33 bits per heavy atom. The maximum absolute atomic E-state index is 13.0. The molecule has 0 bridgehead atoms. The number of thiazole rings is 1. The van der Waals surface area contributed by atoms with Crippen molar-refractivity contribution in [2.45, 2.75) is 25.3 Å². The molecule has 27 heavy (non-hydrogen) atoms. The molecular formula is C20H18N4O2S. The van der Waals surface area contributed by atoms with Gasteiger partial charge in [0.25, 0.3) is 0 Å². The van der Waals surface area contributed by atoms with E-state index in [1.165, 1.54) is 0 Å². The number of aromatic nitrogens is 3. The predicted octanol–water partition coefficient (Wildman–Crippen LogP) is 3.72. The Morgan fingerprint density at radius 2 is 2.26 bits per heavy atom. The minimum absolute atomic E-state index is 0.0992. The molecule has 3 aromatic heterocycles. The standard InChI is InChI=1S/C20H18N4O2S/c25-18(6-5-14-10-27-12-23-14)24-8-7-15-19(22-11-21-15)20(24)17-9-13-3-1-2-4-16(13)26-17/h1-4,9-12,20H,5-8H2,(H,21,22)/t20-/m1/s1. The molecule has 4 aromatic rings. The van der Waals surface area contributed by atoms with Crippen molar-refractivity contribution in [2.75, 3.05) is 6.54 Å². The quantitative estimate of drug-likeness (QED) is 0.587. The average Bonchev–Trinajstić information content (AvgIpc) is 3.45. The molecule has 5 rings (SSSR count). The van der Waals surface area contributed by atoms with E-state index < -0.39 is 0 Å². The van der Waals surface area contributed by atoms with Gasteiger partial charge in [-0.2, -0.15) is 0 Å². The van der Waals surface area contributed by atoms with Gasteiger partial charge in [0.15, 0.2) is 0 Å². The molecule has 0 fully saturated rings. The summed E-state index contributed by atoms with van der Waals surface area (Å²) in [5, 5.41) is 3.02. The Hall–Kier alpha value is -2.93. The number of amides is 1. The van der Waals surface area contributed by atoms with Gasteiger partial charge in [0.05, 0.1) is 23.2 Å². The second-order valence-electron chi connectivity index (χ2n) is 6.67. The third kappa shape index (κ3) is 2.94. The molecular weight excluding hydrogens is 360 g/mol. The maximum Gasteiger partial charge on any atom is 0.223 e. The van der Waals surface area contributed by atoms with E-state index in [9.17, 15) is 4.79 Å². The Labute approximate surface area is 159 Å². The Bertz CT molecular complexity index is 1050. The van der Waals surface area contributed by atoms with E-state index >= 15 is 0 Å². The highest BCUT2D eigenvalue weighted by atomic mass is 32.1. The zero-order valence-electron chi connectivity index (χ0n) is 14.6. The van der Waals surface area contributed by atoms with Crippen LogP contribution in [0.4, 0.5) is 0 Å². The SMILES string of the molecule is O=C(CCc1cscn1)N1CCc2[nH]cnc2[C@H]1c1cc2ccccc2o1. The van der Waals surface area contributed by atoms with Gasteiger partial charge >= 0.3 is 0 Å². The number of aryl methyl sites for hydroxylation is 1.